The van der Waals surface area contributed by atoms with Crippen LogP contribution in [0.3, 0.4) is 0 Å². The fourth-order valence-corrected chi connectivity index (χ4v) is 3.65. The molecule has 3 nitrogen and oxygen atoms in total. The summed E-state index contributed by atoms with van der Waals surface area (Å²) in [6, 6.07) is 4.16. The topological polar surface area (TPSA) is 32.3 Å². The molecule has 0 bridgehead atoms. The molecule has 1 amide bonds. The smallest absolute Gasteiger partial charge is 0.234 e. The Balaban J connectivity index is 1.73. The van der Waals surface area contributed by atoms with Crippen LogP contribution in [-0.4, -0.2) is 30.4 Å². The maximum Gasteiger partial charge on any atom is 0.234 e. The van der Waals surface area contributed by atoms with Gasteiger partial charge in [-0.1, -0.05) is 31.4 Å². The third-order valence-electron chi connectivity index (χ3n) is 4.03. The zero-order valence-corrected chi connectivity index (χ0v) is 13.5. The monoisotopic (exact) mass is 306 g/mol. The van der Waals surface area contributed by atoms with Crippen molar-refractivity contribution in [2.45, 2.75) is 38.6 Å². The number of nitrogens with zero attached hydrogens (tertiary/aromatic N) is 1. The van der Waals surface area contributed by atoms with Crippen molar-refractivity contribution >= 4 is 17.2 Å². The second-order valence-electron chi connectivity index (χ2n) is 5.85. The van der Waals surface area contributed by atoms with Gasteiger partial charge in [-0.3, -0.25) is 9.69 Å². The van der Waals surface area contributed by atoms with E-state index in [1.807, 2.05) is 6.08 Å². The van der Waals surface area contributed by atoms with Crippen LogP contribution in [0.2, 0.25) is 0 Å². The highest BCUT2D eigenvalue weighted by atomic mass is 32.1. The normalized spacial score (nSPS) is 16.0. The Bertz CT molecular complexity index is 424. The van der Waals surface area contributed by atoms with Crippen molar-refractivity contribution in [3.63, 3.8) is 0 Å². The van der Waals surface area contributed by atoms with E-state index >= 15 is 0 Å². The molecule has 1 heterocycles. The van der Waals surface area contributed by atoms with Crippen molar-refractivity contribution in [1.29, 1.82) is 0 Å². The molecule has 0 saturated heterocycles. The molecule has 1 N–H and O–H groups in total. The number of rotatable bonds is 8. The lowest BCUT2D eigenvalue weighted by molar-refractivity contribution is -0.122. The second-order valence-corrected chi connectivity index (χ2v) is 6.88. The summed E-state index contributed by atoms with van der Waals surface area (Å²) in [5, 5.41) is 5.18. The molecule has 1 saturated carbocycles. The minimum Gasteiger partial charge on any atom is -0.355 e. The molecule has 0 spiro atoms. The maximum atomic E-state index is 12.1. The molecule has 2 rings (SSSR count). The Labute approximate surface area is 132 Å². The molecule has 0 radical (unpaired) electrons. The summed E-state index contributed by atoms with van der Waals surface area (Å²) in [6.45, 7) is 6.65. The van der Waals surface area contributed by atoms with E-state index in [9.17, 15) is 4.79 Å². The lowest BCUT2D eigenvalue weighted by Gasteiger charge is -2.23. The molecule has 1 aliphatic rings. The van der Waals surface area contributed by atoms with Crippen molar-refractivity contribution in [2.24, 2.45) is 5.92 Å². The zero-order chi connectivity index (χ0) is 14.9. The summed E-state index contributed by atoms with van der Waals surface area (Å²) in [5.41, 5.74) is 0. The van der Waals surface area contributed by atoms with Gasteiger partial charge in [0, 0.05) is 24.5 Å². The van der Waals surface area contributed by atoms with Crippen molar-refractivity contribution < 1.29 is 4.79 Å². The van der Waals surface area contributed by atoms with Crippen LogP contribution in [0.4, 0.5) is 0 Å². The van der Waals surface area contributed by atoms with Crippen LogP contribution in [0, 0.1) is 5.92 Å². The van der Waals surface area contributed by atoms with E-state index in [-0.39, 0.29) is 5.91 Å². The van der Waals surface area contributed by atoms with E-state index in [0.29, 0.717) is 12.5 Å². The molecule has 1 aliphatic carbocycles. The van der Waals surface area contributed by atoms with Crippen molar-refractivity contribution in [3.8, 4) is 0 Å². The molecule has 1 fully saturated rings. The molecular formula is C17H26N2OS. The van der Waals surface area contributed by atoms with Gasteiger partial charge in [0.25, 0.3) is 0 Å². The first-order chi connectivity index (χ1) is 10.3. The van der Waals surface area contributed by atoms with E-state index in [4.69, 9.17) is 0 Å². The summed E-state index contributed by atoms with van der Waals surface area (Å²) in [6.07, 6.45) is 8.40. The van der Waals surface area contributed by atoms with Gasteiger partial charge < -0.3 is 5.32 Å². The van der Waals surface area contributed by atoms with E-state index in [0.717, 1.165) is 19.6 Å². The van der Waals surface area contributed by atoms with Crippen LogP contribution in [0.1, 0.15) is 37.0 Å². The molecule has 1 aromatic rings. The van der Waals surface area contributed by atoms with E-state index in [1.54, 1.807) is 11.3 Å². The number of amides is 1. The highest BCUT2D eigenvalue weighted by molar-refractivity contribution is 7.09. The van der Waals surface area contributed by atoms with E-state index < -0.39 is 0 Å². The van der Waals surface area contributed by atoms with Gasteiger partial charge in [0.2, 0.25) is 5.91 Å². The molecule has 4 heteroatoms. The fraction of sp³-hybridized carbons (Fsp3) is 0.588. The molecule has 21 heavy (non-hydrogen) atoms. The third kappa shape index (κ3) is 6.02. The summed E-state index contributed by atoms with van der Waals surface area (Å²) >= 11 is 1.73. The molecule has 0 aliphatic heterocycles. The predicted molar refractivity (Wildman–Crippen MR) is 89.4 cm³/mol. The highest BCUT2D eigenvalue weighted by Gasteiger charge is 2.15. The van der Waals surface area contributed by atoms with Gasteiger partial charge in [-0.2, -0.15) is 0 Å². The zero-order valence-electron chi connectivity index (χ0n) is 12.7. The van der Waals surface area contributed by atoms with Crippen LogP contribution in [0.5, 0.6) is 0 Å². The molecular weight excluding hydrogens is 280 g/mol. The Hall–Kier alpha value is -1.13. The molecule has 1 aromatic heterocycles. The maximum absolute atomic E-state index is 12.1. The quantitative estimate of drug-likeness (QED) is 0.746. The SMILES string of the molecule is C=CCN(CC(=O)NCC1CCCCC1)Cc1cccs1. The Morgan fingerprint density at radius 2 is 2.24 bits per heavy atom. The van der Waals surface area contributed by atoms with Gasteiger partial charge in [-0.05, 0) is 30.2 Å². The number of thiophene rings is 1. The number of carbonyl (C=O) groups is 1. The van der Waals surface area contributed by atoms with Crippen LogP contribution < -0.4 is 5.32 Å². The molecule has 0 aromatic carbocycles. The number of nitrogens with one attached hydrogen (secondary N) is 1. The van der Waals surface area contributed by atoms with Crippen LogP contribution in [-0.2, 0) is 11.3 Å². The number of hydrogen-bond acceptors (Lipinski definition) is 3. The average Bonchev–Trinajstić information content (AvgIpc) is 2.99. The minimum absolute atomic E-state index is 0.138. The lowest BCUT2D eigenvalue weighted by atomic mass is 9.89. The van der Waals surface area contributed by atoms with Crippen molar-refractivity contribution in [3.05, 3.63) is 35.0 Å². The minimum atomic E-state index is 0.138. The van der Waals surface area contributed by atoms with Gasteiger partial charge in [0.05, 0.1) is 6.54 Å². The van der Waals surface area contributed by atoms with Gasteiger partial charge in [-0.15, -0.1) is 17.9 Å². The van der Waals surface area contributed by atoms with E-state index in [1.165, 1.54) is 37.0 Å². The van der Waals surface area contributed by atoms with Crippen LogP contribution >= 0.6 is 11.3 Å². The van der Waals surface area contributed by atoms with Crippen molar-refractivity contribution in [1.82, 2.24) is 10.2 Å². The van der Waals surface area contributed by atoms with Crippen LogP contribution in [0.15, 0.2) is 30.2 Å². The third-order valence-corrected chi connectivity index (χ3v) is 4.89. The first-order valence-electron chi connectivity index (χ1n) is 7.90. The number of hydrogen-bond donors (Lipinski definition) is 1. The fourth-order valence-electron chi connectivity index (χ4n) is 2.90. The van der Waals surface area contributed by atoms with Crippen LogP contribution in [0.25, 0.3) is 0 Å². The molecule has 0 unspecified atom stereocenters. The first-order valence-corrected chi connectivity index (χ1v) is 8.78. The van der Waals surface area contributed by atoms with Gasteiger partial charge >= 0.3 is 0 Å². The summed E-state index contributed by atoms with van der Waals surface area (Å²) in [4.78, 5) is 15.5. The Kier molecular flexibility index (Phi) is 6.96. The van der Waals surface area contributed by atoms with Gasteiger partial charge in [0.1, 0.15) is 0 Å². The largest absolute Gasteiger partial charge is 0.355 e. The summed E-state index contributed by atoms with van der Waals surface area (Å²) in [5.74, 6) is 0.826. The van der Waals surface area contributed by atoms with Gasteiger partial charge in [0.15, 0.2) is 0 Å². The first kappa shape index (κ1) is 16.2. The summed E-state index contributed by atoms with van der Waals surface area (Å²) in [7, 11) is 0. The summed E-state index contributed by atoms with van der Waals surface area (Å²) < 4.78 is 0. The molecule has 116 valence electrons. The lowest BCUT2D eigenvalue weighted by Crippen LogP contribution is -2.39. The second kappa shape index (κ2) is 9.00. The number of carbonyl (C=O) groups excluding carboxylic acids is 1. The highest BCUT2D eigenvalue weighted by Crippen LogP contribution is 2.22. The molecule has 0 atom stereocenters. The average molecular weight is 306 g/mol. The predicted octanol–water partition coefficient (Wildman–Crippen LogP) is 3.43. The van der Waals surface area contributed by atoms with Gasteiger partial charge in [-0.25, -0.2) is 0 Å². The van der Waals surface area contributed by atoms with Crippen molar-refractivity contribution in [2.75, 3.05) is 19.6 Å². The van der Waals surface area contributed by atoms with E-state index in [2.05, 4.69) is 34.3 Å². The standard InChI is InChI=1S/C17H26N2OS/c1-2-10-19(13-16-9-6-11-21-16)14-17(20)18-12-15-7-4-3-5-8-15/h2,6,9,11,15H,1,3-5,7-8,10,12-14H2,(H,18,20). The Morgan fingerprint density at radius 1 is 1.43 bits per heavy atom. The Morgan fingerprint density at radius 3 is 2.90 bits per heavy atom.